The lowest BCUT2D eigenvalue weighted by Gasteiger charge is -2.07. The summed E-state index contributed by atoms with van der Waals surface area (Å²) in [4.78, 5) is 5.26. The SMILES string of the molecule is COc1ccc(/C=N\OCc2ccc(Cl)cc2Cl)c(OC)c1. The number of rotatable bonds is 6. The highest BCUT2D eigenvalue weighted by molar-refractivity contribution is 6.35. The quantitative estimate of drug-likeness (QED) is 0.572. The van der Waals surface area contributed by atoms with Crippen molar-refractivity contribution in [2.45, 2.75) is 6.61 Å². The van der Waals surface area contributed by atoms with Crippen LogP contribution in [0.25, 0.3) is 0 Å². The Bertz CT molecular complexity index is 674. The standard InChI is InChI=1S/C16H15Cl2NO3/c1-20-14-6-4-11(16(8-14)21-2)9-19-22-10-12-3-5-13(17)7-15(12)18/h3-9H,10H2,1-2H3/b19-9-. The second kappa shape index (κ2) is 7.92. The molecule has 0 aliphatic rings. The van der Waals surface area contributed by atoms with Gasteiger partial charge in [-0.25, -0.2) is 0 Å². The van der Waals surface area contributed by atoms with E-state index in [4.69, 9.17) is 37.5 Å². The fraction of sp³-hybridized carbons (Fsp3) is 0.188. The third-order valence-electron chi connectivity index (χ3n) is 2.94. The summed E-state index contributed by atoms with van der Waals surface area (Å²) in [5, 5.41) is 5.06. The number of hydrogen-bond acceptors (Lipinski definition) is 4. The molecule has 0 spiro atoms. The van der Waals surface area contributed by atoms with Crippen LogP contribution in [0.2, 0.25) is 10.0 Å². The van der Waals surface area contributed by atoms with E-state index in [1.165, 1.54) is 0 Å². The van der Waals surface area contributed by atoms with Gasteiger partial charge in [0, 0.05) is 27.2 Å². The second-order valence-corrected chi connectivity index (χ2v) is 5.20. The molecule has 6 heteroatoms. The van der Waals surface area contributed by atoms with Crippen LogP contribution < -0.4 is 9.47 Å². The molecule has 0 saturated heterocycles. The first-order chi connectivity index (χ1) is 10.6. The zero-order valence-electron chi connectivity index (χ0n) is 12.2. The van der Waals surface area contributed by atoms with E-state index in [1.807, 2.05) is 12.1 Å². The van der Waals surface area contributed by atoms with E-state index in [1.54, 1.807) is 44.7 Å². The van der Waals surface area contributed by atoms with Gasteiger partial charge in [0.15, 0.2) is 0 Å². The Hall–Kier alpha value is -1.91. The number of hydrogen-bond donors (Lipinski definition) is 0. The monoisotopic (exact) mass is 339 g/mol. The van der Waals surface area contributed by atoms with Gasteiger partial charge in [-0.15, -0.1) is 0 Å². The average Bonchev–Trinajstić information content (AvgIpc) is 2.53. The van der Waals surface area contributed by atoms with Gasteiger partial charge in [-0.1, -0.05) is 34.4 Å². The molecule has 0 fully saturated rings. The molecule has 4 nitrogen and oxygen atoms in total. The van der Waals surface area contributed by atoms with E-state index in [0.717, 1.165) is 11.1 Å². The molecule has 2 rings (SSSR count). The third-order valence-corrected chi connectivity index (χ3v) is 3.53. The maximum absolute atomic E-state index is 6.06. The van der Waals surface area contributed by atoms with Crippen molar-refractivity contribution in [3.05, 3.63) is 57.6 Å². The van der Waals surface area contributed by atoms with E-state index in [2.05, 4.69) is 5.16 Å². The maximum Gasteiger partial charge on any atom is 0.143 e. The average molecular weight is 340 g/mol. The van der Waals surface area contributed by atoms with Crippen LogP contribution in [-0.4, -0.2) is 20.4 Å². The fourth-order valence-electron chi connectivity index (χ4n) is 1.76. The van der Waals surface area contributed by atoms with Crippen LogP contribution >= 0.6 is 23.2 Å². The van der Waals surface area contributed by atoms with Gasteiger partial charge in [-0.3, -0.25) is 0 Å². The Morgan fingerprint density at radius 1 is 1.05 bits per heavy atom. The Morgan fingerprint density at radius 2 is 1.86 bits per heavy atom. The van der Waals surface area contributed by atoms with Gasteiger partial charge in [0.2, 0.25) is 0 Å². The highest BCUT2D eigenvalue weighted by atomic mass is 35.5. The van der Waals surface area contributed by atoms with E-state index < -0.39 is 0 Å². The summed E-state index contributed by atoms with van der Waals surface area (Å²) in [6.07, 6.45) is 1.57. The molecular weight excluding hydrogens is 325 g/mol. The summed E-state index contributed by atoms with van der Waals surface area (Å²) in [6, 6.07) is 10.6. The summed E-state index contributed by atoms with van der Waals surface area (Å²) in [5.74, 6) is 1.36. The smallest absolute Gasteiger partial charge is 0.143 e. The van der Waals surface area contributed by atoms with Crippen molar-refractivity contribution < 1.29 is 14.3 Å². The third kappa shape index (κ3) is 4.29. The summed E-state index contributed by atoms with van der Waals surface area (Å²) in [7, 11) is 3.18. The Labute approximate surface area is 139 Å². The molecule has 0 radical (unpaired) electrons. The van der Waals surface area contributed by atoms with Crippen LogP contribution in [0.5, 0.6) is 11.5 Å². The molecule has 0 aliphatic carbocycles. The first kappa shape index (κ1) is 16.5. The van der Waals surface area contributed by atoms with Crippen LogP contribution in [0, 0.1) is 0 Å². The molecule has 0 bridgehead atoms. The van der Waals surface area contributed by atoms with E-state index in [-0.39, 0.29) is 6.61 Å². The normalized spacial score (nSPS) is 10.7. The Morgan fingerprint density at radius 3 is 2.55 bits per heavy atom. The van der Waals surface area contributed by atoms with Gasteiger partial charge in [0.1, 0.15) is 18.1 Å². The summed E-state index contributed by atoms with van der Waals surface area (Å²) < 4.78 is 10.4. The van der Waals surface area contributed by atoms with Gasteiger partial charge in [0.25, 0.3) is 0 Å². The minimum absolute atomic E-state index is 0.255. The summed E-state index contributed by atoms with van der Waals surface area (Å²) in [5.41, 5.74) is 1.59. The highest BCUT2D eigenvalue weighted by Crippen LogP contribution is 2.24. The van der Waals surface area contributed by atoms with Crippen molar-refractivity contribution in [3.63, 3.8) is 0 Å². The van der Waals surface area contributed by atoms with Crippen molar-refractivity contribution in [2.75, 3.05) is 14.2 Å². The highest BCUT2D eigenvalue weighted by Gasteiger charge is 2.04. The lowest BCUT2D eigenvalue weighted by Crippen LogP contribution is -1.94. The molecular formula is C16H15Cl2NO3. The Kier molecular flexibility index (Phi) is 5.92. The molecule has 0 aromatic heterocycles. The molecule has 0 atom stereocenters. The molecule has 2 aromatic carbocycles. The van der Waals surface area contributed by atoms with Gasteiger partial charge < -0.3 is 14.3 Å². The van der Waals surface area contributed by atoms with Crippen LogP contribution in [-0.2, 0) is 11.4 Å². The predicted molar refractivity (Wildman–Crippen MR) is 88.4 cm³/mol. The van der Waals surface area contributed by atoms with Gasteiger partial charge in [-0.2, -0.15) is 0 Å². The van der Waals surface area contributed by atoms with Crippen LogP contribution in [0.4, 0.5) is 0 Å². The molecule has 0 unspecified atom stereocenters. The summed E-state index contributed by atoms with van der Waals surface area (Å²) in [6.45, 7) is 0.255. The molecule has 22 heavy (non-hydrogen) atoms. The van der Waals surface area contributed by atoms with E-state index in [9.17, 15) is 0 Å². The van der Waals surface area contributed by atoms with Gasteiger partial charge in [-0.05, 0) is 24.3 Å². The lowest BCUT2D eigenvalue weighted by molar-refractivity contribution is 0.132. The number of ether oxygens (including phenoxy) is 2. The predicted octanol–water partition coefficient (Wildman–Crippen LogP) is 4.56. The number of benzene rings is 2. The maximum atomic E-state index is 6.06. The van der Waals surface area contributed by atoms with Crippen molar-refractivity contribution in [1.82, 2.24) is 0 Å². The zero-order valence-corrected chi connectivity index (χ0v) is 13.7. The fourth-order valence-corrected chi connectivity index (χ4v) is 2.23. The number of oxime groups is 1. The number of nitrogens with zero attached hydrogens (tertiary/aromatic N) is 1. The lowest BCUT2D eigenvalue weighted by atomic mass is 10.2. The molecule has 2 aromatic rings. The van der Waals surface area contributed by atoms with E-state index >= 15 is 0 Å². The van der Waals surface area contributed by atoms with Crippen molar-refractivity contribution in [3.8, 4) is 11.5 Å². The van der Waals surface area contributed by atoms with Crippen LogP contribution in [0.1, 0.15) is 11.1 Å². The summed E-state index contributed by atoms with van der Waals surface area (Å²) >= 11 is 11.9. The molecule has 0 aliphatic heterocycles. The van der Waals surface area contributed by atoms with Gasteiger partial charge in [0.05, 0.1) is 20.4 Å². The van der Waals surface area contributed by atoms with Crippen LogP contribution in [0.3, 0.4) is 0 Å². The van der Waals surface area contributed by atoms with E-state index in [0.29, 0.717) is 21.5 Å². The molecule has 0 saturated carbocycles. The second-order valence-electron chi connectivity index (χ2n) is 4.35. The molecule has 0 amide bonds. The number of methoxy groups -OCH3 is 2. The van der Waals surface area contributed by atoms with Crippen molar-refractivity contribution >= 4 is 29.4 Å². The topological polar surface area (TPSA) is 40.0 Å². The van der Waals surface area contributed by atoms with Crippen molar-refractivity contribution in [1.29, 1.82) is 0 Å². The number of halogens is 2. The van der Waals surface area contributed by atoms with Crippen LogP contribution in [0.15, 0.2) is 41.6 Å². The first-order valence-corrected chi connectivity index (χ1v) is 7.21. The molecule has 0 N–H and O–H groups in total. The zero-order chi connectivity index (χ0) is 15.9. The minimum Gasteiger partial charge on any atom is -0.497 e. The molecule has 0 heterocycles. The minimum atomic E-state index is 0.255. The van der Waals surface area contributed by atoms with Crippen molar-refractivity contribution in [2.24, 2.45) is 5.16 Å². The Balaban J connectivity index is 2.00. The largest absolute Gasteiger partial charge is 0.497 e. The molecule has 116 valence electrons. The van der Waals surface area contributed by atoms with Gasteiger partial charge >= 0.3 is 0 Å². The first-order valence-electron chi connectivity index (χ1n) is 6.45.